The maximum atomic E-state index is 12.6. The maximum Gasteiger partial charge on any atom is 0.252 e. The molecule has 0 radical (unpaired) electrons. The Morgan fingerprint density at radius 1 is 1.04 bits per heavy atom. The van der Waals surface area contributed by atoms with Gasteiger partial charge in [0.25, 0.3) is 5.91 Å². The van der Waals surface area contributed by atoms with Gasteiger partial charge in [0.05, 0.1) is 22.5 Å². The van der Waals surface area contributed by atoms with Crippen LogP contribution < -0.4 is 5.32 Å². The molecule has 0 unspecified atom stereocenters. The quantitative estimate of drug-likeness (QED) is 0.692. The van der Waals surface area contributed by atoms with Crippen LogP contribution in [0.15, 0.2) is 54.7 Å². The number of fused-ring (bicyclic) bond motifs is 1. The lowest BCUT2D eigenvalue weighted by Gasteiger charge is -2.10. The van der Waals surface area contributed by atoms with Crippen LogP contribution in [0.25, 0.3) is 22.3 Å². The number of rotatable bonds is 6. The Balaban J connectivity index is 1.97. The predicted octanol–water partition coefficient (Wildman–Crippen LogP) is 4.22. The van der Waals surface area contributed by atoms with Crippen LogP contribution in [0.1, 0.15) is 36.5 Å². The first-order valence-corrected chi connectivity index (χ1v) is 8.39. The van der Waals surface area contributed by atoms with Crippen LogP contribution in [-0.4, -0.2) is 22.4 Å². The minimum absolute atomic E-state index is 0.0538. The first-order chi connectivity index (χ1) is 11.8. The summed E-state index contributed by atoms with van der Waals surface area (Å²) in [5.74, 6) is -0.0538. The molecule has 1 aromatic carbocycles. The Hall–Kier alpha value is -2.75. The van der Waals surface area contributed by atoms with Crippen molar-refractivity contribution in [2.75, 3.05) is 6.54 Å². The molecule has 2 aromatic heterocycles. The number of benzene rings is 1. The molecule has 2 heterocycles. The zero-order chi connectivity index (χ0) is 16.8. The highest BCUT2D eigenvalue weighted by Gasteiger charge is 2.13. The van der Waals surface area contributed by atoms with Gasteiger partial charge in [-0.2, -0.15) is 0 Å². The molecule has 4 nitrogen and oxygen atoms in total. The maximum absolute atomic E-state index is 12.6. The number of pyridine rings is 2. The number of nitrogens with zero attached hydrogens (tertiary/aromatic N) is 2. The Labute approximate surface area is 142 Å². The van der Waals surface area contributed by atoms with E-state index in [1.54, 1.807) is 6.20 Å². The van der Waals surface area contributed by atoms with E-state index in [1.165, 1.54) is 0 Å². The van der Waals surface area contributed by atoms with Gasteiger partial charge in [0, 0.05) is 18.1 Å². The van der Waals surface area contributed by atoms with Gasteiger partial charge in [0.1, 0.15) is 0 Å². The number of aromatic nitrogens is 2. The normalized spacial score (nSPS) is 10.7. The van der Waals surface area contributed by atoms with Crippen molar-refractivity contribution in [1.29, 1.82) is 0 Å². The fourth-order valence-corrected chi connectivity index (χ4v) is 2.68. The lowest BCUT2D eigenvalue weighted by molar-refractivity contribution is 0.0954. The molecule has 0 bridgehead atoms. The number of carbonyl (C=O) groups excluding carboxylic acids is 1. The van der Waals surface area contributed by atoms with Crippen LogP contribution in [0.5, 0.6) is 0 Å². The first-order valence-electron chi connectivity index (χ1n) is 8.39. The van der Waals surface area contributed by atoms with Crippen molar-refractivity contribution in [3.8, 4) is 11.4 Å². The first kappa shape index (κ1) is 16.1. The number of hydrogen-bond donors (Lipinski definition) is 1. The molecule has 3 aromatic rings. The zero-order valence-corrected chi connectivity index (χ0v) is 13.8. The molecule has 122 valence electrons. The topological polar surface area (TPSA) is 54.9 Å². The van der Waals surface area contributed by atoms with Crippen molar-refractivity contribution in [3.63, 3.8) is 0 Å². The molecule has 0 aliphatic carbocycles. The molecular formula is C20H21N3O. The summed E-state index contributed by atoms with van der Waals surface area (Å²) in [6.45, 7) is 2.85. The molecule has 0 saturated carbocycles. The summed E-state index contributed by atoms with van der Waals surface area (Å²) in [7, 11) is 0. The SMILES string of the molecule is CCCCCNC(=O)c1cc(-c2ccccn2)nc2ccccc12. The van der Waals surface area contributed by atoms with E-state index in [0.29, 0.717) is 17.8 Å². The van der Waals surface area contributed by atoms with Gasteiger partial charge < -0.3 is 5.32 Å². The van der Waals surface area contributed by atoms with Gasteiger partial charge in [-0.05, 0) is 30.7 Å². The van der Waals surface area contributed by atoms with E-state index in [4.69, 9.17) is 0 Å². The summed E-state index contributed by atoms with van der Waals surface area (Å²) >= 11 is 0. The second-order valence-corrected chi connectivity index (χ2v) is 5.75. The Kier molecular flexibility index (Phi) is 5.16. The standard InChI is InChI=1S/C20H21N3O/c1-2-3-7-13-22-20(24)16-14-19(18-11-6-8-12-21-18)23-17-10-5-4-9-15(16)17/h4-6,8-12,14H,2-3,7,13H2,1H3,(H,22,24). The highest BCUT2D eigenvalue weighted by atomic mass is 16.1. The lowest BCUT2D eigenvalue weighted by Crippen LogP contribution is -2.24. The molecule has 0 aliphatic heterocycles. The van der Waals surface area contributed by atoms with Crippen molar-refractivity contribution >= 4 is 16.8 Å². The van der Waals surface area contributed by atoms with Crippen LogP contribution in [0.2, 0.25) is 0 Å². The van der Waals surface area contributed by atoms with E-state index >= 15 is 0 Å². The van der Waals surface area contributed by atoms with E-state index in [9.17, 15) is 4.79 Å². The van der Waals surface area contributed by atoms with Crippen LogP contribution >= 0.6 is 0 Å². The van der Waals surface area contributed by atoms with E-state index in [2.05, 4.69) is 22.2 Å². The number of nitrogens with one attached hydrogen (secondary N) is 1. The Bertz CT molecular complexity index is 831. The molecule has 0 atom stereocenters. The van der Waals surface area contributed by atoms with E-state index in [-0.39, 0.29) is 5.91 Å². The Morgan fingerprint density at radius 2 is 1.88 bits per heavy atom. The van der Waals surface area contributed by atoms with Gasteiger partial charge in [-0.15, -0.1) is 0 Å². The molecular weight excluding hydrogens is 298 g/mol. The third kappa shape index (κ3) is 3.59. The molecule has 0 saturated heterocycles. The summed E-state index contributed by atoms with van der Waals surface area (Å²) in [5, 5.41) is 3.88. The fraction of sp³-hybridized carbons (Fsp3) is 0.250. The Morgan fingerprint density at radius 3 is 2.67 bits per heavy atom. The number of para-hydroxylation sites is 1. The summed E-state index contributed by atoms with van der Waals surface area (Å²) < 4.78 is 0. The highest BCUT2D eigenvalue weighted by molar-refractivity contribution is 6.07. The largest absolute Gasteiger partial charge is 0.352 e. The fourth-order valence-electron chi connectivity index (χ4n) is 2.68. The second kappa shape index (κ2) is 7.68. The summed E-state index contributed by atoms with van der Waals surface area (Å²) in [4.78, 5) is 21.7. The molecule has 0 aliphatic rings. The highest BCUT2D eigenvalue weighted by Crippen LogP contribution is 2.23. The van der Waals surface area contributed by atoms with Crippen LogP contribution in [0.4, 0.5) is 0 Å². The van der Waals surface area contributed by atoms with E-state index < -0.39 is 0 Å². The monoisotopic (exact) mass is 319 g/mol. The third-order valence-corrected chi connectivity index (χ3v) is 3.95. The van der Waals surface area contributed by atoms with Gasteiger partial charge in [-0.25, -0.2) is 4.98 Å². The van der Waals surface area contributed by atoms with Crippen LogP contribution in [0, 0.1) is 0 Å². The van der Waals surface area contributed by atoms with Gasteiger partial charge in [-0.3, -0.25) is 9.78 Å². The van der Waals surface area contributed by atoms with Gasteiger partial charge in [-0.1, -0.05) is 44.0 Å². The average molecular weight is 319 g/mol. The van der Waals surface area contributed by atoms with Crippen molar-refractivity contribution in [3.05, 3.63) is 60.3 Å². The van der Waals surface area contributed by atoms with Crippen molar-refractivity contribution in [1.82, 2.24) is 15.3 Å². The van der Waals surface area contributed by atoms with E-state index in [1.807, 2.05) is 48.5 Å². The summed E-state index contributed by atoms with van der Waals surface area (Å²) in [6.07, 6.45) is 4.99. The van der Waals surface area contributed by atoms with Crippen LogP contribution in [-0.2, 0) is 0 Å². The molecule has 0 fully saturated rings. The number of carbonyl (C=O) groups is 1. The molecule has 4 heteroatoms. The third-order valence-electron chi connectivity index (χ3n) is 3.95. The smallest absolute Gasteiger partial charge is 0.252 e. The lowest BCUT2D eigenvalue weighted by atomic mass is 10.1. The summed E-state index contributed by atoms with van der Waals surface area (Å²) in [5.41, 5.74) is 2.94. The second-order valence-electron chi connectivity index (χ2n) is 5.75. The minimum Gasteiger partial charge on any atom is -0.352 e. The van der Waals surface area contributed by atoms with Gasteiger partial charge in [0.15, 0.2) is 0 Å². The molecule has 1 N–H and O–H groups in total. The zero-order valence-electron chi connectivity index (χ0n) is 13.8. The molecule has 3 rings (SSSR count). The molecule has 0 spiro atoms. The van der Waals surface area contributed by atoms with Gasteiger partial charge >= 0.3 is 0 Å². The van der Waals surface area contributed by atoms with Crippen molar-refractivity contribution in [2.45, 2.75) is 26.2 Å². The molecule has 24 heavy (non-hydrogen) atoms. The number of hydrogen-bond acceptors (Lipinski definition) is 3. The van der Waals surface area contributed by atoms with E-state index in [0.717, 1.165) is 35.9 Å². The number of unbranched alkanes of at least 4 members (excludes halogenated alkanes) is 2. The average Bonchev–Trinajstić information content (AvgIpc) is 2.65. The predicted molar refractivity (Wildman–Crippen MR) is 96.8 cm³/mol. The summed E-state index contributed by atoms with van der Waals surface area (Å²) in [6, 6.07) is 15.2. The minimum atomic E-state index is -0.0538. The van der Waals surface area contributed by atoms with Gasteiger partial charge in [0.2, 0.25) is 0 Å². The molecule has 1 amide bonds. The van der Waals surface area contributed by atoms with Crippen molar-refractivity contribution < 1.29 is 4.79 Å². The number of amides is 1. The van der Waals surface area contributed by atoms with Crippen LogP contribution in [0.3, 0.4) is 0 Å². The van der Waals surface area contributed by atoms with Crippen molar-refractivity contribution in [2.24, 2.45) is 0 Å².